The first kappa shape index (κ1) is 39.9. The fraction of sp³-hybridized carbons (Fsp3) is 0.733. The van der Waals surface area contributed by atoms with Crippen molar-refractivity contribution in [3.8, 4) is 0 Å². The number of imide groups is 1. The molecule has 0 aromatic heterocycles. The van der Waals surface area contributed by atoms with Gasteiger partial charge in [0.15, 0.2) is 17.5 Å². The molecule has 0 bridgehead atoms. The Kier molecular flexibility index (Phi) is 18.8. The van der Waals surface area contributed by atoms with Gasteiger partial charge in [-0.15, -0.1) is 0 Å². The van der Waals surface area contributed by atoms with Crippen LogP contribution in [0.1, 0.15) is 90.9 Å². The maximum absolute atomic E-state index is 13.3. The van der Waals surface area contributed by atoms with Gasteiger partial charge in [0.25, 0.3) is 0 Å². The quantitative estimate of drug-likeness (QED) is 0.0300. The minimum atomic E-state index is -1.17. The van der Waals surface area contributed by atoms with Gasteiger partial charge in [-0.25, -0.2) is 4.79 Å². The van der Waals surface area contributed by atoms with E-state index in [1.54, 1.807) is 6.92 Å². The molecule has 46 heavy (non-hydrogen) atoms. The Morgan fingerprint density at radius 3 is 2.17 bits per heavy atom. The number of primary amides is 1. The summed E-state index contributed by atoms with van der Waals surface area (Å²) >= 11 is 0. The Morgan fingerprint density at radius 1 is 0.913 bits per heavy atom. The van der Waals surface area contributed by atoms with Crippen molar-refractivity contribution >= 4 is 47.2 Å². The summed E-state index contributed by atoms with van der Waals surface area (Å²) in [7, 11) is 0. The molecule has 1 fully saturated rings. The van der Waals surface area contributed by atoms with Crippen LogP contribution in [0.4, 0.5) is 4.79 Å². The largest absolute Gasteiger partial charge is 0.396 e. The second-order valence-corrected chi connectivity index (χ2v) is 11.6. The van der Waals surface area contributed by atoms with E-state index in [1.807, 2.05) is 6.92 Å². The lowest BCUT2D eigenvalue weighted by Gasteiger charge is -2.26. The molecular formula is C30H52N8O8. The number of aliphatic imine (C=N–C) groups is 1. The molecule has 0 radical (unpaired) electrons. The van der Waals surface area contributed by atoms with Gasteiger partial charge < -0.3 is 38.3 Å². The average molecular weight is 653 g/mol. The standard InChI is InChI=1S/C30H52N8O8/c1-3-8-22(40)27(19(2)13-15-35-30(33)46)37-28(45)20(18-39)17-23(41)21(9-7-14-34-29(31)32)36-24(42)10-5-4-6-16-38-25(43)11-12-26(38)44/h19-21,27,39H,3-18H2,1-2H3,(H,36,42)(H,37,45)(H4,31,32,34)(H3,33,35,46)/t19?,20-,21-,27-/m0/s1. The molecule has 1 aliphatic rings. The maximum atomic E-state index is 13.3. The SMILES string of the molecule is CCCC(=O)[C@@H](NC(=O)[C@H](CO)CC(=O)[C@H](CCCN=C(N)N)NC(=O)CCCCCN1C(=O)CCC1=O)C(C)CCNC(N)=O. The molecule has 1 rings (SSSR count). The number of guanidine groups is 1. The maximum Gasteiger partial charge on any atom is 0.312 e. The van der Waals surface area contributed by atoms with E-state index in [1.165, 1.54) is 4.90 Å². The van der Waals surface area contributed by atoms with E-state index in [4.69, 9.17) is 17.2 Å². The molecule has 0 aromatic carbocycles. The minimum absolute atomic E-state index is 0.104. The molecule has 1 aliphatic heterocycles. The number of aliphatic hydroxyl groups excluding tert-OH is 1. The molecule has 1 heterocycles. The van der Waals surface area contributed by atoms with Gasteiger partial charge in [-0.3, -0.25) is 38.7 Å². The van der Waals surface area contributed by atoms with Gasteiger partial charge in [0.2, 0.25) is 23.6 Å². The zero-order valence-electron chi connectivity index (χ0n) is 27.1. The summed E-state index contributed by atoms with van der Waals surface area (Å²) in [5.41, 5.74) is 15.9. The van der Waals surface area contributed by atoms with Gasteiger partial charge in [0.1, 0.15) is 0 Å². The van der Waals surface area contributed by atoms with Crippen LogP contribution in [-0.2, 0) is 28.8 Å². The van der Waals surface area contributed by atoms with Crippen LogP contribution in [0, 0.1) is 11.8 Å². The molecule has 16 nitrogen and oxygen atoms in total. The molecular weight excluding hydrogens is 600 g/mol. The zero-order valence-corrected chi connectivity index (χ0v) is 27.1. The lowest BCUT2D eigenvalue weighted by molar-refractivity contribution is -0.138. The van der Waals surface area contributed by atoms with Crippen LogP contribution in [0.2, 0.25) is 0 Å². The number of amides is 6. The molecule has 10 N–H and O–H groups in total. The number of ketones is 2. The van der Waals surface area contributed by atoms with Crippen molar-refractivity contribution in [2.45, 2.75) is 103 Å². The van der Waals surface area contributed by atoms with Gasteiger partial charge in [-0.1, -0.05) is 20.3 Å². The highest BCUT2D eigenvalue weighted by molar-refractivity contribution is 6.01. The predicted octanol–water partition coefficient (Wildman–Crippen LogP) is -0.650. The Bertz CT molecular complexity index is 1080. The number of nitrogens with one attached hydrogen (secondary N) is 3. The number of carbonyl (C=O) groups is 7. The number of nitrogens with two attached hydrogens (primary N) is 3. The highest BCUT2D eigenvalue weighted by atomic mass is 16.3. The summed E-state index contributed by atoms with van der Waals surface area (Å²) in [6, 6.07) is -2.58. The summed E-state index contributed by atoms with van der Waals surface area (Å²) in [4.78, 5) is 91.8. The van der Waals surface area contributed by atoms with Crippen LogP contribution >= 0.6 is 0 Å². The third-order valence-corrected chi connectivity index (χ3v) is 7.76. The first-order valence-electron chi connectivity index (χ1n) is 16.0. The topological polar surface area (TPSA) is 269 Å². The smallest absolute Gasteiger partial charge is 0.312 e. The number of urea groups is 1. The Labute approximate surface area is 270 Å². The third kappa shape index (κ3) is 15.3. The van der Waals surface area contributed by atoms with Gasteiger partial charge in [-0.05, 0) is 44.4 Å². The molecule has 0 aliphatic carbocycles. The number of hydrogen-bond donors (Lipinski definition) is 7. The van der Waals surface area contributed by atoms with Gasteiger partial charge >= 0.3 is 6.03 Å². The zero-order chi connectivity index (χ0) is 34.6. The van der Waals surface area contributed by atoms with E-state index >= 15 is 0 Å². The molecule has 1 saturated heterocycles. The fourth-order valence-corrected chi connectivity index (χ4v) is 5.12. The van der Waals surface area contributed by atoms with Crippen molar-refractivity contribution in [2.24, 2.45) is 34.0 Å². The highest BCUT2D eigenvalue weighted by Crippen LogP contribution is 2.16. The first-order valence-corrected chi connectivity index (χ1v) is 16.0. The molecule has 1 unspecified atom stereocenters. The molecule has 6 amide bonds. The normalized spacial score (nSPS) is 15.4. The Morgan fingerprint density at radius 2 is 1.59 bits per heavy atom. The van der Waals surface area contributed by atoms with Crippen LogP contribution in [0.3, 0.4) is 0 Å². The third-order valence-electron chi connectivity index (χ3n) is 7.76. The van der Waals surface area contributed by atoms with Crippen LogP contribution < -0.4 is 33.2 Å². The number of carbonyl (C=O) groups excluding carboxylic acids is 7. The number of rotatable bonds is 24. The molecule has 4 atom stereocenters. The van der Waals surface area contributed by atoms with E-state index in [2.05, 4.69) is 20.9 Å². The van der Waals surface area contributed by atoms with E-state index in [9.17, 15) is 38.7 Å². The van der Waals surface area contributed by atoms with Crippen molar-refractivity contribution in [3.05, 3.63) is 0 Å². The number of Topliss-reactive ketones (excluding diaryl/α,β-unsaturated/α-hetero) is 2. The van der Waals surface area contributed by atoms with Crippen molar-refractivity contribution < 1.29 is 38.7 Å². The molecule has 0 saturated carbocycles. The molecule has 16 heteroatoms. The van der Waals surface area contributed by atoms with Crippen LogP contribution in [0.5, 0.6) is 0 Å². The van der Waals surface area contributed by atoms with Crippen molar-refractivity contribution in [1.82, 2.24) is 20.9 Å². The lowest BCUT2D eigenvalue weighted by Crippen LogP contribution is -2.49. The monoisotopic (exact) mass is 652 g/mol. The van der Waals surface area contributed by atoms with Crippen molar-refractivity contribution in [2.75, 3.05) is 26.2 Å². The van der Waals surface area contributed by atoms with Crippen LogP contribution in [0.15, 0.2) is 4.99 Å². The minimum Gasteiger partial charge on any atom is -0.396 e. The van der Waals surface area contributed by atoms with Gasteiger partial charge in [0, 0.05) is 51.7 Å². The van der Waals surface area contributed by atoms with Gasteiger partial charge in [-0.2, -0.15) is 0 Å². The Hall–Kier alpha value is -4.08. The number of nitrogens with zero attached hydrogens (tertiary/aromatic N) is 2. The number of hydrogen-bond acceptors (Lipinski definition) is 9. The van der Waals surface area contributed by atoms with Crippen LogP contribution in [0.25, 0.3) is 0 Å². The summed E-state index contributed by atoms with van der Waals surface area (Å²) < 4.78 is 0. The van der Waals surface area contributed by atoms with Crippen molar-refractivity contribution in [3.63, 3.8) is 0 Å². The summed E-state index contributed by atoms with van der Waals surface area (Å²) in [5.74, 6) is -3.79. The second-order valence-electron chi connectivity index (χ2n) is 11.6. The van der Waals surface area contributed by atoms with E-state index in [0.29, 0.717) is 45.1 Å². The van der Waals surface area contributed by atoms with Crippen molar-refractivity contribution in [1.29, 1.82) is 0 Å². The summed E-state index contributed by atoms with van der Waals surface area (Å²) in [5, 5.41) is 17.9. The highest BCUT2D eigenvalue weighted by Gasteiger charge is 2.32. The lowest BCUT2D eigenvalue weighted by atomic mass is 9.90. The average Bonchev–Trinajstić information content (AvgIpc) is 3.31. The fourth-order valence-electron chi connectivity index (χ4n) is 5.12. The first-order chi connectivity index (χ1) is 21.8. The number of likely N-dealkylation sites (tertiary alicyclic amines) is 1. The van der Waals surface area contributed by atoms with E-state index in [-0.39, 0.29) is 87.0 Å². The summed E-state index contributed by atoms with van der Waals surface area (Å²) in [6.07, 6.45) is 3.44. The molecule has 0 spiro atoms. The van der Waals surface area contributed by atoms with Crippen LogP contribution in [-0.4, -0.2) is 95.5 Å². The molecule has 0 aromatic rings. The molecule has 260 valence electrons. The summed E-state index contributed by atoms with van der Waals surface area (Å²) in [6.45, 7) is 3.62. The number of aliphatic hydroxyl groups is 1. The van der Waals surface area contributed by atoms with Gasteiger partial charge in [0.05, 0.1) is 24.6 Å². The predicted molar refractivity (Wildman–Crippen MR) is 170 cm³/mol. The van der Waals surface area contributed by atoms with E-state index < -0.39 is 42.3 Å². The van der Waals surface area contributed by atoms with E-state index in [0.717, 1.165) is 0 Å². The second kappa shape index (κ2) is 21.6. The Balaban J connectivity index is 2.82. The number of unbranched alkanes of at least 4 members (excludes halogenated alkanes) is 2.